The summed E-state index contributed by atoms with van der Waals surface area (Å²) >= 11 is 0. The van der Waals surface area contributed by atoms with Crippen LogP contribution in [-0.4, -0.2) is 6.29 Å². The summed E-state index contributed by atoms with van der Waals surface area (Å²) in [5.74, 6) is 0. The van der Waals surface area contributed by atoms with Crippen LogP contribution in [0.25, 0.3) is 0 Å². The van der Waals surface area contributed by atoms with Crippen LogP contribution in [0.15, 0.2) is 30.3 Å². The van der Waals surface area contributed by atoms with Crippen molar-refractivity contribution in [2.24, 2.45) is 0 Å². The minimum absolute atomic E-state index is 0.821. The summed E-state index contributed by atoms with van der Waals surface area (Å²) in [6, 6.07) is 10.8. The van der Waals surface area contributed by atoms with E-state index >= 15 is 0 Å². The molecule has 0 unspecified atom stereocenters. The molecular weight excluding hydrogens is 244 g/mol. The highest BCUT2D eigenvalue weighted by atomic mass is 16.1. The fourth-order valence-corrected chi connectivity index (χ4v) is 3.27. The Balaban J connectivity index is 2.09. The van der Waals surface area contributed by atoms with Crippen molar-refractivity contribution >= 4 is 6.29 Å². The van der Waals surface area contributed by atoms with Gasteiger partial charge in [-0.3, -0.25) is 4.79 Å². The maximum Gasteiger partial charge on any atom is 0.150 e. The number of aryl methyl sites for hydroxylation is 4. The second-order valence-corrected chi connectivity index (χ2v) is 5.78. The molecule has 0 aliphatic heterocycles. The molecule has 0 saturated heterocycles. The first kappa shape index (κ1) is 13.1. The lowest BCUT2D eigenvalue weighted by molar-refractivity contribution is 0.112. The van der Waals surface area contributed by atoms with Crippen LogP contribution in [0.4, 0.5) is 0 Å². The number of rotatable bonds is 1. The Kier molecular flexibility index (Phi) is 3.43. The molecule has 1 aliphatic carbocycles. The molecule has 0 saturated carbocycles. The number of fused-ring (bicyclic) bond motifs is 4. The highest BCUT2D eigenvalue weighted by molar-refractivity contribution is 5.76. The average molecular weight is 264 g/mol. The zero-order chi connectivity index (χ0) is 14.1. The van der Waals surface area contributed by atoms with E-state index in [-0.39, 0.29) is 0 Å². The van der Waals surface area contributed by atoms with Gasteiger partial charge in [-0.05, 0) is 85.0 Å². The second kappa shape index (κ2) is 5.24. The number of carbonyl (C=O) groups excluding carboxylic acids is 1. The van der Waals surface area contributed by atoms with Crippen LogP contribution in [0.3, 0.4) is 0 Å². The monoisotopic (exact) mass is 264 g/mol. The molecule has 0 heterocycles. The molecule has 0 radical (unpaired) electrons. The Morgan fingerprint density at radius 3 is 1.75 bits per heavy atom. The lowest BCUT2D eigenvalue weighted by Crippen LogP contribution is -2.07. The van der Waals surface area contributed by atoms with Crippen LogP contribution < -0.4 is 0 Å². The van der Waals surface area contributed by atoms with E-state index in [9.17, 15) is 4.79 Å². The van der Waals surface area contributed by atoms with Gasteiger partial charge in [0.05, 0.1) is 0 Å². The highest BCUT2D eigenvalue weighted by Gasteiger charge is 2.12. The number of hydrogen-bond acceptors (Lipinski definition) is 1. The molecule has 0 N–H and O–H groups in total. The summed E-state index contributed by atoms with van der Waals surface area (Å²) in [7, 11) is 0. The summed E-state index contributed by atoms with van der Waals surface area (Å²) in [6.07, 6.45) is 5.13. The molecule has 0 spiro atoms. The quantitative estimate of drug-likeness (QED) is 0.711. The molecule has 0 aromatic heterocycles. The molecule has 3 rings (SSSR count). The molecule has 2 aromatic carbocycles. The van der Waals surface area contributed by atoms with Crippen molar-refractivity contribution in [3.63, 3.8) is 0 Å². The number of carbonyl (C=O) groups is 1. The van der Waals surface area contributed by atoms with Crippen molar-refractivity contribution in [1.82, 2.24) is 0 Å². The predicted octanol–water partition coefficient (Wildman–Crippen LogP) is 4.00. The maximum absolute atomic E-state index is 11.1. The summed E-state index contributed by atoms with van der Waals surface area (Å²) in [4.78, 5) is 11.1. The van der Waals surface area contributed by atoms with E-state index in [1.807, 2.05) is 0 Å². The lowest BCUT2D eigenvalue weighted by Gasteiger charge is -2.18. The minimum atomic E-state index is 0.821. The molecule has 0 fully saturated rings. The summed E-state index contributed by atoms with van der Waals surface area (Å²) in [5.41, 5.74) is 9.20. The molecule has 0 amide bonds. The van der Waals surface area contributed by atoms with Gasteiger partial charge in [0, 0.05) is 5.56 Å². The number of hydrogen-bond donors (Lipinski definition) is 0. The second-order valence-electron chi connectivity index (χ2n) is 5.78. The molecule has 20 heavy (non-hydrogen) atoms. The SMILES string of the molecule is Cc1c2cccc1CCc1cc(C=O)cc(c1C)CC2. The normalized spacial score (nSPS) is 13.9. The first-order chi connectivity index (χ1) is 9.69. The molecule has 1 aliphatic rings. The van der Waals surface area contributed by atoms with Gasteiger partial charge in [-0.2, -0.15) is 0 Å². The van der Waals surface area contributed by atoms with Gasteiger partial charge in [0.1, 0.15) is 6.29 Å². The van der Waals surface area contributed by atoms with Crippen LogP contribution >= 0.6 is 0 Å². The molecule has 2 aromatic rings. The first-order valence-electron chi connectivity index (χ1n) is 7.34. The Bertz CT molecular complexity index is 620. The van der Waals surface area contributed by atoms with Gasteiger partial charge in [0.15, 0.2) is 0 Å². The van der Waals surface area contributed by atoms with Gasteiger partial charge in [-0.15, -0.1) is 0 Å². The van der Waals surface area contributed by atoms with Gasteiger partial charge in [-0.25, -0.2) is 0 Å². The fourth-order valence-electron chi connectivity index (χ4n) is 3.27. The van der Waals surface area contributed by atoms with Gasteiger partial charge >= 0.3 is 0 Å². The largest absolute Gasteiger partial charge is 0.298 e. The van der Waals surface area contributed by atoms with Gasteiger partial charge in [0.25, 0.3) is 0 Å². The van der Waals surface area contributed by atoms with E-state index in [2.05, 4.69) is 44.2 Å². The molecule has 1 heteroatoms. The van der Waals surface area contributed by atoms with Gasteiger partial charge in [-0.1, -0.05) is 18.2 Å². The van der Waals surface area contributed by atoms with E-state index in [1.54, 1.807) is 0 Å². The van der Waals surface area contributed by atoms with Crippen LogP contribution in [0.5, 0.6) is 0 Å². The third-order valence-electron chi connectivity index (χ3n) is 4.67. The van der Waals surface area contributed by atoms with Crippen LogP contribution in [0.2, 0.25) is 0 Å². The minimum Gasteiger partial charge on any atom is -0.298 e. The van der Waals surface area contributed by atoms with E-state index < -0.39 is 0 Å². The van der Waals surface area contributed by atoms with Crippen molar-refractivity contribution in [2.75, 3.05) is 0 Å². The van der Waals surface area contributed by atoms with Crippen molar-refractivity contribution in [3.05, 3.63) is 69.3 Å². The predicted molar refractivity (Wildman–Crippen MR) is 82.6 cm³/mol. The zero-order valence-corrected chi connectivity index (χ0v) is 12.2. The van der Waals surface area contributed by atoms with Crippen molar-refractivity contribution in [1.29, 1.82) is 0 Å². The molecule has 0 atom stereocenters. The highest BCUT2D eigenvalue weighted by Crippen LogP contribution is 2.25. The van der Waals surface area contributed by atoms with E-state index in [4.69, 9.17) is 0 Å². The van der Waals surface area contributed by atoms with Crippen LogP contribution in [-0.2, 0) is 25.7 Å². The average Bonchev–Trinajstić information content (AvgIpc) is 2.46. The van der Waals surface area contributed by atoms with Crippen molar-refractivity contribution in [2.45, 2.75) is 39.5 Å². The summed E-state index contributed by atoms with van der Waals surface area (Å²) in [5, 5.41) is 0. The van der Waals surface area contributed by atoms with E-state index in [0.717, 1.165) is 37.5 Å². The van der Waals surface area contributed by atoms with Gasteiger partial charge in [0.2, 0.25) is 0 Å². The van der Waals surface area contributed by atoms with Gasteiger partial charge < -0.3 is 0 Å². The van der Waals surface area contributed by atoms with Crippen LogP contribution in [0, 0.1) is 13.8 Å². The zero-order valence-electron chi connectivity index (χ0n) is 12.2. The van der Waals surface area contributed by atoms with Crippen LogP contribution in [0.1, 0.15) is 43.7 Å². The number of benzene rings is 2. The third-order valence-corrected chi connectivity index (χ3v) is 4.67. The standard InChI is InChI=1S/C19H20O/c1-13-16-4-3-5-17(13)7-9-19-11-15(12-20)10-18(8-6-16)14(19)2/h3-5,10-12H,6-9H2,1-2H3. The smallest absolute Gasteiger partial charge is 0.150 e. The Hall–Kier alpha value is -1.89. The third kappa shape index (κ3) is 2.29. The molecule has 1 nitrogen and oxygen atoms in total. The van der Waals surface area contributed by atoms with E-state index in [1.165, 1.54) is 33.4 Å². The van der Waals surface area contributed by atoms with E-state index in [0.29, 0.717) is 0 Å². The topological polar surface area (TPSA) is 17.1 Å². The molecular formula is C19H20O. The Morgan fingerprint density at radius 2 is 1.25 bits per heavy atom. The molecule has 102 valence electrons. The Labute approximate surface area is 120 Å². The summed E-state index contributed by atoms with van der Waals surface area (Å²) < 4.78 is 0. The van der Waals surface area contributed by atoms with Crippen molar-refractivity contribution in [3.8, 4) is 0 Å². The molecule has 4 bridgehead atoms. The first-order valence-corrected chi connectivity index (χ1v) is 7.34. The van der Waals surface area contributed by atoms with Crippen molar-refractivity contribution < 1.29 is 4.79 Å². The fraction of sp³-hybridized carbons (Fsp3) is 0.316. The number of aldehydes is 1. The lowest BCUT2D eigenvalue weighted by atomic mass is 9.87. The maximum atomic E-state index is 11.1. The summed E-state index contributed by atoms with van der Waals surface area (Å²) in [6.45, 7) is 4.44. The Morgan fingerprint density at radius 1 is 0.800 bits per heavy atom.